The second-order valence-electron chi connectivity index (χ2n) is 8.35. The Hall–Kier alpha value is -2.45. The molecule has 0 saturated carbocycles. The molecule has 2 N–H and O–H groups in total. The number of piperidine rings is 1. The third kappa shape index (κ3) is 6.27. The largest absolute Gasteiger partial charge is 0.497 e. The van der Waals surface area contributed by atoms with Crippen molar-refractivity contribution in [1.29, 1.82) is 0 Å². The maximum atomic E-state index is 12.7. The van der Waals surface area contributed by atoms with Gasteiger partial charge in [0.15, 0.2) is 0 Å². The Balaban J connectivity index is 1.47. The summed E-state index contributed by atoms with van der Waals surface area (Å²) in [4.78, 5) is 32.1. The summed E-state index contributed by atoms with van der Waals surface area (Å²) in [5, 5.41) is 6.30. The normalized spacial score (nSPS) is 16.2. The van der Waals surface area contributed by atoms with Gasteiger partial charge in [-0.1, -0.05) is 26.0 Å². The number of benzene rings is 1. The Morgan fingerprint density at radius 2 is 1.90 bits per heavy atom. The summed E-state index contributed by atoms with van der Waals surface area (Å²) in [5.74, 6) is 1.05. The topological polar surface area (TPSA) is 83.6 Å². The van der Waals surface area contributed by atoms with Crippen molar-refractivity contribution in [1.82, 2.24) is 20.5 Å². The summed E-state index contributed by atoms with van der Waals surface area (Å²) in [7, 11) is 1.64. The number of hydrogen-bond acceptors (Lipinski definition) is 6. The molecule has 2 aromatic rings. The SMILES string of the molecule is COc1ccc(C(NC(=O)CN2CCC(NC(=O)c3scnc3C)CC2)C(C)C)cc1. The highest BCUT2D eigenvalue weighted by atomic mass is 32.1. The van der Waals surface area contributed by atoms with Crippen molar-refractivity contribution in [2.45, 2.75) is 45.7 Å². The molecule has 7 nitrogen and oxygen atoms in total. The number of carbonyl (C=O) groups excluding carboxylic acids is 2. The zero-order chi connectivity index (χ0) is 22.4. The fourth-order valence-corrected chi connectivity index (χ4v) is 4.58. The van der Waals surface area contributed by atoms with E-state index in [9.17, 15) is 9.59 Å². The minimum atomic E-state index is -0.0459. The molecule has 0 radical (unpaired) electrons. The number of amides is 2. The van der Waals surface area contributed by atoms with E-state index in [1.165, 1.54) is 11.3 Å². The lowest BCUT2D eigenvalue weighted by Gasteiger charge is -2.32. The van der Waals surface area contributed by atoms with E-state index < -0.39 is 0 Å². The summed E-state index contributed by atoms with van der Waals surface area (Å²) >= 11 is 1.37. The smallest absolute Gasteiger partial charge is 0.263 e. The Kier molecular flexibility index (Phi) is 8.03. The molecule has 1 atom stereocenters. The minimum absolute atomic E-state index is 0.0253. The molecule has 1 fully saturated rings. The minimum Gasteiger partial charge on any atom is -0.497 e. The van der Waals surface area contributed by atoms with Crippen molar-refractivity contribution in [3.05, 3.63) is 45.9 Å². The van der Waals surface area contributed by atoms with E-state index in [0.29, 0.717) is 11.4 Å². The van der Waals surface area contributed by atoms with Gasteiger partial charge in [-0.2, -0.15) is 0 Å². The first kappa shape index (κ1) is 23.2. The van der Waals surface area contributed by atoms with Crippen LogP contribution in [0.15, 0.2) is 29.8 Å². The number of nitrogens with zero attached hydrogens (tertiary/aromatic N) is 2. The number of carbonyl (C=O) groups is 2. The highest BCUT2D eigenvalue weighted by Gasteiger charge is 2.25. The van der Waals surface area contributed by atoms with E-state index in [0.717, 1.165) is 42.9 Å². The Bertz CT molecular complexity index is 873. The molecule has 31 heavy (non-hydrogen) atoms. The highest BCUT2D eigenvalue weighted by molar-refractivity contribution is 7.11. The van der Waals surface area contributed by atoms with Crippen LogP contribution in [0.3, 0.4) is 0 Å². The monoisotopic (exact) mass is 444 g/mol. The first-order valence-electron chi connectivity index (χ1n) is 10.7. The summed E-state index contributed by atoms with van der Waals surface area (Å²) in [6.45, 7) is 8.00. The molecular weight excluding hydrogens is 412 g/mol. The molecule has 1 saturated heterocycles. The first-order chi connectivity index (χ1) is 14.9. The van der Waals surface area contributed by atoms with E-state index in [4.69, 9.17) is 4.74 Å². The lowest BCUT2D eigenvalue weighted by molar-refractivity contribution is -0.123. The van der Waals surface area contributed by atoms with Crippen molar-refractivity contribution in [3.63, 3.8) is 0 Å². The lowest BCUT2D eigenvalue weighted by Crippen LogP contribution is -2.48. The van der Waals surface area contributed by atoms with E-state index >= 15 is 0 Å². The number of hydrogen-bond donors (Lipinski definition) is 2. The first-order valence-corrected chi connectivity index (χ1v) is 11.6. The molecule has 3 rings (SSSR count). The van der Waals surface area contributed by atoms with Gasteiger partial charge in [0.25, 0.3) is 5.91 Å². The molecule has 2 amide bonds. The van der Waals surface area contributed by atoms with E-state index in [1.807, 2.05) is 31.2 Å². The number of nitrogens with one attached hydrogen (secondary N) is 2. The summed E-state index contributed by atoms with van der Waals surface area (Å²) < 4.78 is 5.23. The van der Waals surface area contributed by atoms with Crippen LogP contribution in [-0.4, -0.2) is 54.5 Å². The molecule has 1 aromatic carbocycles. The van der Waals surface area contributed by atoms with Crippen LogP contribution in [0.25, 0.3) is 0 Å². The number of rotatable bonds is 8. The second kappa shape index (κ2) is 10.7. The molecule has 1 aromatic heterocycles. The quantitative estimate of drug-likeness (QED) is 0.653. The molecule has 168 valence electrons. The molecule has 1 aliphatic heterocycles. The number of aromatic nitrogens is 1. The number of methoxy groups -OCH3 is 1. The summed E-state index contributed by atoms with van der Waals surface area (Å²) in [6, 6.07) is 7.94. The summed E-state index contributed by atoms with van der Waals surface area (Å²) in [5.41, 5.74) is 3.54. The van der Waals surface area contributed by atoms with Gasteiger partial charge < -0.3 is 15.4 Å². The fourth-order valence-electron chi connectivity index (χ4n) is 3.87. The van der Waals surface area contributed by atoms with Crippen molar-refractivity contribution in [3.8, 4) is 5.75 Å². The predicted octanol–water partition coefficient (Wildman–Crippen LogP) is 3.17. The standard InChI is InChI=1S/C23H32N4O3S/c1-15(2)21(17-5-7-19(30-4)8-6-17)26-20(28)13-27-11-9-18(10-12-27)25-23(29)22-16(3)24-14-31-22/h5-8,14-15,18,21H,9-13H2,1-4H3,(H,25,29)(H,26,28). The van der Waals surface area contributed by atoms with Crippen LogP contribution in [0.1, 0.15) is 53.7 Å². The summed E-state index contributed by atoms with van der Waals surface area (Å²) in [6.07, 6.45) is 1.67. The lowest BCUT2D eigenvalue weighted by atomic mass is 9.96. The molecule has 1 aliphatic rings. The Morgan fingerprint density at radius 3 is 2.45 bits per heavy atom. The zero-order valence-corrected chi connectivity index (χ0v) is 19.5. The second-order valence-corrected chi connectivity index (χ2v) is 9.21. The molecule has 1 unspecified atom stereocenters. The van der Waals surface area contributed by atoms with Crippen LogP contribution in [0.2, 0.25) is 0 Å². The average Bonchev–Trinajstić information content (AvgIpc) is 3.19. The van der Waals surface area contributed by atoms with Gasteiger partial charge in [-0.25, -0.2) is 4.98 Å². The zero-order valence-electron chi connectivity index (χ0n) is 18.7. The van der Waals surface area contributed by atoms with Gasteiger partial charge in [-0.05, 0) is 43.4 Å². The van der Waals surface area contributed by atoms with Gasteiger partial charge in [-0.15, -0.1) is 11.3 Å². The van der Waals surface area contributed by atoms with E-state index in [1.54, 1.807) is 12.6 Å². The van der Waals surface area contributed by atoms with E-state index in [2.05, 4.69) is 34.4 Å². The van der Waals surface area contributed by atoms with Crippen molar-refractivity contribution in [2.75, 3.05) is 26.7 Å². The van der Waals surface area contributed by atoms with Crippen molar-refractivity contribution >= 4 is 23.2 Å². The van der Waals surface area contributed by atoms with Gasteiger partial charge in [-0.3, -0.25) is 14.5 Å². The number of likely N-dealkylation sites (tertiary alicyclic amines) is 1. The van der Waals surface area contributed by atoms with Crippen LogP contribution < -0.4 is 15.4 Å². The number of thiazole rings is 1. The van der Waals surface area contributed by atoms with Crippen LogP contribution in [0, 0.1) is 12.8 Å². The van der Waals surface area contributed by atoms with E-state index in [-0.39, 0.29) is 29.8 Å². The van der Waals surface area contributed by atoms with Crippen LogP contribution in [-0.2, 0) is 4.79 Å². The average molecular weight is 445 g/mol. The van der Waals surface area contributed by atoms with Crippen molar-refractivity contribution in [2.24, 2.45) is 5.92 Å². The molecule has 0 spiro atoms. The van der Waals surface area contributed by atoms with Crippen LogP contribution in [0.4, 0.5) is 0 Å². The Morgan fingerprint density at radius 1 is 1.23 bits per heavy atom. The van der Waals surface area contributed by atoms with Gasteiger partial charge in [0.05, 0.1) is 30.9 Å². The third-order valence-corrected chi connectivity index (χ3v) is 6.63. The van der Waals surface area contributed by atoms with Gasteiger partial charge in [0.1, 0.15) is 10.6 Å². The van der Waals surface area contributed by atoms with Gasteiger partial charge >= 0.3 is 0 Å². The Labute approximate surface area is 188 Å². The maximum absolute atomic E-state index is 12.7. The van der Waals surface area contributed by atoms with Gasteiger partial charge in [0.2, 0.25) is 5.91 Å². The molecule has 8 heteroatoms. The molecule has 0 bridgehead atoms. The highest BCUT2D eigenvalue weighted by Crippen LogP contribution is 2.24. The molecule has 0 aliphatic carbocycles. The van der Waals surface area contributed by atoms with Gasteiger partial charge in [0, 0.05) is 19.1 Å². The fraction of sp³-hybridized carbons (Fsp3) is 0.522. The number of ether oxygens (including phenoxy) is 1. The van der Waals surface area contributed by atoms with Crippen LogP contribution >= 0.6 is 11.3 Å². The van der Waals surface area contributed by atoms with Crippen LogP contribution in [0.5, 0.6) is 5.75 Å². The number of aryl methyl sites for hydroxylation is 1. The molecular formula is C23H32N4O3S. The van der Waals surface area contributed by atoms with Crippen molar-refractivity contribution < 1.29 is 14.3 Å². The predicted molar refractivity (Wildman–Crippen MR) is 122 cm³/mol. The molecule has 2 heterocycles. The third-order valence-electron chi connectivity index (χ3n) is 5.70. The maximum Gasteiger partial charge on any atom is 0.263 e.